The molecule has 46 valence electrons. The van der Waals surface area contributed by atoms with Gasteiger partial charge in [0.2, 0.25) is 0 Å². The zero-order chi connectivity index (χ0) is 6.50. The first kappa shape index (κ1) is 10.1. The van der Waals surface area contributed by atoms with E-state index in [-0.39, 0.29) is 0 Å². The van der Waals surface area contributed by atoms with E-state index in [1.54, 1.807) is 0 Å². The van der Waals surface area contributed by atoms with Gasteiger partial charge in [-0.15, -0.1) is 0 Å². The molecular formula is H8N2O4Si. The summed E-state index contributed by atoms with van der Waals surface area (Å²) < 4.78 is 0. The molecule has 0 aliphatic heterocycles. The third-order valence-corrected chi connectivity index (χ3v) is 0. The fourth-order valence-electron chi connectivity index (χ4n) is 0. The van der Waals surface area contributed by atoms with Gasteiger partial charge in [0.25, 0.3) is 0 Å². The highest BCUT2D eigenvalue weighted by atomic mass is 28.4. The Morgan fingerprint density at radius 2 is 0.857 bits per heavy atom. The van der Waals surface area contributed by atoms with Crippen molar-refractivity contribution in [1.29, 1.82) is 0 Å². The van der Waals surface area contributed by atoms with Gasteiger partial charge in [0.05, 0.1) is 0 Å². The molecule has 6 nitrogen and oxygen atoms in total. The van der Waals surface area contributed by atoms with Gasteiger partial charge >= 0.3 is 9.05 Å². The fraction of sp³-hybridized carbons (Fsp3) is 0. The maximum atomic E-state index is 7.33. The smallest absolute Gasteiger partial charge is 0.368 e. The summed E-state index contributed by atoms with van der Waals surface area (Å²) in [4.78, 5) is 29.3. The standard InChI is InChI=1S/H4N2.H4O4Si/c1-2;1-5(2,3)4/h1-2H2;1-4H. The second kappa shape index (κ2) is 4.14. The largest absolute Gasteiger partial charge is 0.668 e. The minimum Gasteiger partial charge on any atom is -0.368 e. The lowest BCUT2D eigenvalue weighted by atomic mass is 13.0. The minimum absolute atomic E-state index is 4.00. The van der Waals surface area contributed by atoms with Crippen molar-refractivity contribution in [1.82, 2.24) is 0 Å². The molecule has 8 N–H and O–H groups in total. The summed E-state index contributed by atoms with van der Waals surface area (Å²) in [6, 6.07) is 0. The highest BCUT2D eigenvalue weighted by Crippen LogP contribution is 1.67. The Morgan fingerprint density at radius 1 is 0.857 bits per heavy atom. The Kier molecular flexibility index (Phi) is 5.96. The third kappa shape index (κ3) is 177000. The van der Waals surface area contributed by atoms with Gasteiger partial charge in [-0.1, -0.05) is 0 Å². The Balaban J connectivity index is 0. The average Bonchev–Trinajstić information content (AvgIpc) is 1.36. The maximum Gasteiger partial charge on any atom is 0.668 e. The summed E-state index contributed by atoms with van der Waals surface area (Å²) >= 11 is 0. The third-order valence-electron chi connectivity index (χ3n) is 0. The molecule has 0 aliphatic rings. The van der Waals surface area contributed by atoms with Crippen molar-refractivity contribution in [3.8, 4) is 0 Å². The van der Waals surface area contributed by atoms with Crippen LogP contribution in [0.2, 0.25) is 0 Å². The molecule has 0 bridgehead atoms. The Labute approximate surface area is 41.1 Å². The maximum absolute atomic E-state index is 7.33. The SMILES string of the molecule is NN.O[Si](O)(O)O. The molecule has 0 radical (unpaired) electrons. The van der Waals surface area contributed by atoms with Crippen LogP contribution in [0.5, 0.6) is 0 Å². The van der Waals surface area contributed by atoms with Gasteiger partial charge < -0.3 is 19.2 Å². The first-order valence-electron chi connectivity index (χ1n) is 1.23. The van der Waals surface area contributed by atoms with E-state index < -0.39 is 9.05 Å². The highest BCUT2D eigenvalue weighted by Gasteiger charge is 2.22. The normalized spacial score (nSPS) is 9.43. The molecule has 0 heterocycles. The Hall–Kier alpha value is -0.0231. The van der Waals surface area contributed by atoms with Crippen molar-refractivity contribution in [3.63, 3.8) is 0 Å². The van der Waals surface area contributed by atoms with E-state index in [0.29, 0.717) is 0 Å². The lowest BCUT2D eigenvalue weighted by Gasteiger charge is -1.91. The van der Waals surface area contributed by atoms with Crippen LogP contribution in [0, 0.1) is 0 Å². The highest BCUT2D eigenvalue weighted by molar-refractivity contribution is 6.46. The van der Waals surface area contributed by atoms with Gasteiger partial charge in [0.15, 0.2) is 0 Å². The molecule has 0 rings (SSSR count). The number of hydrogen-bond donors (Lipinski definition) is 6. The molecule has 0 aliphatic carbocycles. The summed E-state index contributed by atoms with van der Waals surface area (Å²) in [6.45, 7) is 0. The number of hydrogen-bond acceptors (Lipinski definition) is 6. The molecule has 0 aromatic carbocycles. The molecule has 0 saturated heterocycles. The van der Waals surface area contributed by atoms with E-state index in [0.717, 1.165) is 0 Å². The molecule has 0 aromatic rings. The Bertz CT molecular complexity index is 25.2. The predicted molar refractivity (Wildman–Crippen MR) is 23.0 cm³/mol. The first-order valence-corrected chi connectivity index (χ1v) is 3.02. The van der Waals surface area contributed by atoms with Crippen LogP contribution in [0.3, 0.4) is 0 Å². The van der Waals surface area contributed by atoms with Gasteiger partial charge in [-0.25, -0.2) is 0 Å². The number of nitrogens with two attached hydrogens (primary N) is 2. The van der Waals surface area contributed by atoms with Crippen molar-refractivity contribution in [2.75, 3.05) is 0 Å². The summed E-state index contributed by atoms with van der Waals surface area (Å²) in [5, 5.41) is 0. The molecule has 0 saturated carbocycles. The molecule has 0 atom stereocenters. The monoisotopic (exact) mass is 128 g/mol. The van der Waals surface area contributed by atoms with Crippen LogP contribution in [-0.4, -0.2) is 28.2 Å². The van der Waals surface area contributed by atoms with Crippen LogP contribution in [0.15, 0.2) is 0 Å². The molecule has 0 aromatic heterocycles. The lowest BCUT2D eigenvalue weighted by Crippen LogP contribution is -2.33. The van der Waals surface area contributed by atoms with E-state index in [1.165, 1.54) is 0 Å². The van der Waals surface area contributed by atoms with Crippen molar-refractivity contribution in [2.45, 2.75) is 0 Å². The second-order valence-electron chi connectivity index (χ2n) is 0.600. The van der Waals surface area contributed by atoms with Gasteiger partial charge in [-0.2, -0.15) is 0 Å². The van der Waals surface area contributed by atoms with Crippen LogP contribution in [0.25, 0.3) is 0 Å². The fourth-order valence-corrected chi connectivity index (χ4v) is 0. The second-order valence-corrected chi connectivity index (χ2v) is 1.80. The summed E-state index contributed by atoms with van der Waals surface area (Å²) in [6.07, 6.45) is 0. The zero-order valence-electron chi connectivity index (χ0n) is 3.44. The van der Waals surface area contributed by atoms with E-state index in [2.05, 4.69) is 11.7 Å². The molecule has 7 heteroatoms. The van der Waals surface area contributed by atoms with Gasteiger partial charge in [-0.3, -0.25) is 11.7 Å². The first-order chi connectivity index (χ1) is 3.00. The van der Waals surface area contributed by atoms with Crippen molar-refractivity contribution in [3.05, 3.63) is 0 Å². The molecule has 7 heavy (non-hydrogen) atoms. The van der Waals surface area contributed by atoms with Crippen molar-refractivity contribution in [2.24, 2.45) is 11.7 Å². The lowest BCUT2D eigenvalue weighted by molar-refractivity contribution is 0.117. The van der Waals surface area contributed by atoms with E-state index >= 15 is 0 Å². The van der Waals surface area contributed by atoms with E-state index in [1.807, 2.05) is 0 Å². The van der Waals surface area contributed by atoms with Gasteiger partial charge in [-0.05, 0) is 0 Å². The van der Waals surface area contributed by atoms with Crippen LogP contribution in [0.1, 0.15) is 0 Å². The minimum atomic E-state index is -4.61. The quantitative estimate of drug-likeness (QED) is 0.113. The number of rotatable bonds is 0. The van der Waals surface area contributed by atoms with Gasteiger partial charge in [0, 0.05) is 0 Å². The average molecular weight is 128 g/mol. The number of hydrazine groups is 1. The predicted octanol–water partition coefficient (Wildman–Crippen LogP) is -3.79. The molecule has 0 spiro atoms. The van der Waals surface area contributed by atoms with Gasteiger partial charge in [0.1, 0.15) is 0 Å². The molecular weight excluding hydrogens is 120 g/mol. The summed E-state index contributed by atoms with van der Waals surface area (Å²) in [5.74, 6) is 8.00. The van der Waals surface area contributed by atoms with Crippen molar-refractivity contribution >= 4 is 9.05 Å². The zero-order valence-corrected chi connectivity index (χ0v) is 4.44. The molecule has 0 fully saturated rings. The Morgan fingerprint density at radius 3 is 0.857 bits per heavy atom. The van der Waals surface area contributed by atoms with E-state index in [9.17, 15) is 0 Å². The summed E-state index contributed by atoms with van der Waals surface area (Å²) in [5.41, 5.74) is 0. The van der Waals surface area contributed by atoms with Crippen LogP contribution in [0.4, 0.5) is 0 Å². The molecule has 0 unspecified atom stereocenters. The van der Waals surface area contributed by atoms with Crippen LogP contribution < -0.4 is 11.7 Å². The van der Waals surface area contributed by atoms with E-state index in [4.69, 9.17) is 19.2 Å². The van der Waals surface area contributed by atoms with Crippen LogP contribution >= 0.6 is 0 Å². The summed E-state index contributed by atoms with van der Waals surface area (Å²) in [7, 11) is -4.61. The van der Waals surface area contributed by atoms with Crippen LogP contribution in [-0.2, 0) is 0 Å². The topological polar surface area (TPSA) is 133 Å². The van der Waals surface area contributed by atoms with Crippen molar-refractivity contribution < 1.29 is 19.2 Å². The molecule has 0 amide bonds.